The van der Waals surface area contributed by atoms with Gasteiger partial charge < -0.3 is 5.32 Å². The average Bonchev–Trinajstić information content (AvgIpc) is 3.21. The van der Waals surface area contributed by atoms with Crippen molar-refractivity contribution in [3.63, 3.8) is 0 Å². The zero-order valence-corrected chi connectivity index (χ0v) is 12.9. The van der Waals surface area contributed by atoms with Crippen molar-refractivity contribution in [2.24, 2.45) is 0 Å². The maximum absolute atomic E-state index is 3.74. The van der Waals surface area contributed by atoms with Gasteiger partial charge in [0, 0.05) is 25.2 Å². The van der Waals surface area contributed by atoms with Gasteiger partial charge in [-0.15, -0.1) is 0 Å². The second-order valence-corrected chi connectivity index (χ2v) is 6.59. The van der Waals surface area contributed by atoms with E-state index in [2.05, 4.69) is 48.3 Å². The molecule has 20 heavy (non-hydrogen) atoms. The maximum atomic E-state index is 3.74. The second kappa shape index (κ2) is 6.28. The molecule has 2 saturated carbocycles. The number of hydrogen-bond donors (Lipinski definition) is 1. The lowest BCUT2D eigenvalue weighted by Crippen LogP contribution is -2.44. The van der Waals surface area contributed by atoms with Crippen molar-refractivity contribution in [3.8, 4) is 0 Å². The number of rotatable bonds is 7. The first-order chi connectivity index (χ1) is 9.76. The maximum Gasteiger partial charge on any atom is 0.0110 e. The fourth-order valence-electron chi connectivity index (χ4n) is 3.43. The number of hydrogen-bond acceptors (Lipinski definition) is 2. The van der Waals surface area contributed by atoms with E-state index in [1.54, 1.807) is 0 Å². The highest BCUT2D eigenvalue weighted by atomic mass is 15.2. The third-order valence-corrected chi connectivity index (χ3v) is 4.95. The molecule has 1 aromatic rings. The van der Waals surface area contributed by atoms with Crippen molar-refractivity contribution < 1.29 is 0 Å². The van der Waals surface area contributed by atoms with Gasteiger partial charge in [0.2, 0.25) is 0 Å². The molecule has 2 fully saturated rings. The highest BCUT2D eigenvalue weighted by Gasteiger charge is 2.31. The molecule has 110 valence electrons. The van der Waals surface area contributed by atoms with Crippen LogP contribution >= 0.6 is 0 Å². The minimum absolute atomic E-state index is 0.749. The summed E-state index contributed by atoms with van der Waals surface area (Å²) in [5.74, 6) is 0.790. The Morgan fingerprint density at radius 1 is 1.25 bits per heavy atom. The Kier molecular flexibility index (Phi) is 4.42. The lowest BCUT2D eigenvalue weighted by Gasteiger charge is -2.37. The average molecular weight is 272 g/mol. The van der Waals surface area contributed by atoms with Crippen molar-refractivity contribution in [3.05, 3.63) is 35.4 Å². The monoisotopic (exact) mass is 272 g/mol. The lowest BCUT2D eigenvalue weighted by molar-refractivity contribution is 0.244. The standard InChI is InChI=1S/C18H28N2/c1-3-20(18-7-8-18)10-9-19-17-12-16(13-17)15-6-4-5-14(2)11-15/h4-6,11,16-19H,3,7-10,12-13H2,1-2H3. The molecule has 0 aliphatic heterocycles. The largest absolute Gasteiger partial charge is 0.313 e. The van der Waals surface area contributed by atoms with Crippen LogP contribution in [0.4, 0.5) is 0 Å². The van der Waals surface area contributed by atoms with Gasteiger partial charge in [-0.05, 0) is 50.6 Å². The van der Waals surface area contributed by atoms with Crippen molar-refractivity contribution in [2.45, 2.75) is 57.5 Å². The Labute approximate surface area is 123 Å². The minimum Gasteiger partial charge on any atom is -0.313 e. The molecule has 0 amide bonds. The molecule has 0 unspecified atom stereocenters. The SMILES string of the molecule is CCN(CCNC1CC(c2cccc(C)c2)C1)C1CC1. The highest BCUT2D eigenvalue weighted by Crippen LogP contribution is 2.37. The van der Waals surface area contributed by atoms with E-state index < -0.39 is 0 Å². The van der Waals surface area contributed by atoms with E-state index in [1.165, 1.54) is 49.9 Å². The van der Waals surface area contributed by atoms with Crippen molar-refractivity contribution >= 4 is 0 Å². The van der Waals surface area contributed by atoms with Gasteiger partial charge in [-0.3, -0.25) is 4.90 Å². The fraction of sp³-hybridized carbons (Fsp3) is 0.667. The van der Waals surface area contributed by atoms with E-state index in [0.29, 0.717) is 0 Å². The van der Waals surface area contributed by atoms with Crippen molar-refractivity contribution in [1.82, 2.24) is 10.2 Å². The van der Waals surface area contributed by atoms with Crippen LogP contribution in [0.15, 0.2) is 24.3 Å². The number of benzene rings is 1. The molecule has 0 spiro atoms. The lowest BCUT2D eigenvalue weighted by atomic mass is 9.75. The summed E-state index contributed by atoms with van der Waals surface area (Å²) in [6.45, 7) is 8.08. The summed E-state index contributed by atoms with van der Waals surface area (Å²) in [5, 5.41) is 3.74. The van der Waals surface area contributed by atoms with Gasteiger partial charge in [-0.1, -0.05) is 36.8 Å². The molecule has 1 N–H and O–H groups in total. The van der Waals surface area contributed by atoms with Crippen LogP contribution in [0.2, 0.25) is 0 Å². The van der Waals surface area contributed by atoms with Crippen LogP contribution in [0, 0.1) is 6.92 Å². The summed E-state index contributed by atoms with van der Waals surface area (Å²) in [7, 11) is 0. The molecular formula is C18H28N2. The Balaban J connectivity index is 1.36. The third kappa shape index (κ3) is 3.42. The van der Waals surface area contributed by atoms with Gasteiger partial charge in [0.25, 0.3) is 0 Å². The molecule has 0 heterocycles. The van der Waals surface area contributed by atoms with Gasteiger partial charge in [-0.25, -0.2) is 0 Å². The van der Waals surface area contributed by atoms with E-state index in [0.717, 1.165) is 24.5 Å². The van der Waals surface area contributed by atoms with Gasteiger partial charge in [0.1, 0.15) is 0 Å². The summed E-state index contributed by atoms with van der Waals surface area (Å²) in [6, 6.07) is 10.7. The van der Waals surface area contributed by atoms with Crippen LogP contribution in [0.3, 0.4) is 0 Å². The van der Waals surface area contributed by atoms with Crippen LogP contribution in [-0.4, -0.2) is 36.6 Å². The summed E-state index contributed by atoms with van der Waals surface area (Å²) < 4.78 is 0. The molecule has 0 saturated heterocycles. The molecular weight excluding hydrogens is 244 g/mol. The smallest absolute Gasteiger partial charge is 0.0110 e. The van der Waals surface area contributed by atoms with Crippen LogP contribution in [0.1, 0.15) is 49.7 Å². The van der Waals surface area contributed by atoms with Gasteiger partial charge >= 0.3 is 0 Å². The predicted octanol–water partition coefficient (Wildman–Crippen LogP) is 3.31. The van der Waals surface area contributed by atoms with Crippen molar-refractivity contribution in [1.29, 1.82) is 0 Å². The molecule has 2 nitrogen and oxygen atoms in total. The van der Waals surface area contributed by atoms with Gasteiger partial charge in [-0.2, -0.15) is 0 Å². The topological polar surface area (TPSA) is 15.3 Å². The minimum atomic E-state index is 0.749. The molecule has 2 heteroatoms. The number of nitrogens with one attached hydrogen (secondary N) is 1. The van der Waals surface area contributed by atoms with Crippen LogP contribution in [0.5, 0.6) is 0 Å². The summed E-state index contributed by atoms with van der Waals surface area (Å²) >= 11 is 0. The zero-order valence-electron chi connectivity index (χ0n) is 12.9. The van der Waals surface area contributed by atoms with E-state index in [9.17, 15) is 0 Å². The summed E-state index contributed by atoms with van der Waals surface area (Å²) in [4.78, 5) is 2.63. The molecule has 0 atom stereocenters. The first-order valence-corrected chi connectivity index (χ1v) is 8.30. The van der Waals surface area contributed by atoms with Crippen molar-refractivity contribution in [2.75, 3.05) is 19.6 Å². The number of likely N-dealkylation sites (N-methyl/N-ethyl adjacent to an activating group) is 1. The quantitative estimate of drug-likeness (QED) is 0.819. The molecule has 2 aliphatic rings. The molecule has 1 aromatic carbocycles. The molecule has 0 radical (unpaired) electrons. The molecule has 3 rings (SSSR count). The summed E-state index contributed by atoms with van der Waals surface area (Å²) in [5.41, 5.74) is 2.93. The first-order valence-electron chi connectivity index (χ1n) is 8.30. The Bertz CT molecular complexity index is 433. The van der Waals surface area contributed by atoms with E-state index >= 15 is 0 Å². The van der Waals surface area contributed by atoms with Crippen LogP contribution in [-0.2, 0) is 0 Å². The third-order valence-electron chi connectivity index (χ3n) is 4.95. The highest BCUT2D eigenvalue weighted by molar-refractivity contribution is 5.27. The van der Waals surface area contributed by atoms with E-state index in [4.69, 9.17) is 0 Å². The molecule has 2 aliphatic carbocycles. The second-order valence-electron chi connectivity index (χ2n) is 6.59. The van der Waals surface area contributed by atoms with Crippen LogP contribution in [0.25, 0.3) is 0 Å². The van der Waals surface area contributed by atoms with Gasteiger partial charge in [0.05, 0.1) is 0 Å². The Morgan fingerprint density at radius 3 is 2.70 bits per heavy atom. The molecule has 0 bridgehead atoms. The first kappa shape index (κ1) is 14.1. The molecule has 0 aromatic heterocycles. The van der Waals surface area contributed by atoms with Crippen LogP contribution < -0.4 is 5.32 Å². The zero-order chi connectivity index (χ0) is 13.9. The summed E-state index contributed by atoms with van der Waals surface area (Å²) in [6.07, 6.45) is 5.48. The van der Waals surface area contributed by atoms with E-state index in [-0.39, 0.29) is 0 Å². The van der Waals surface area contributed by atoms with Gasteiger partial charge in [0.15, 0.2) is 0 Å². The Hall–Kier alpha value is -0.860. The van der Waals surface area contributed by atoms with E-state index in [1.807, 2.05) is 0 Å². The Morgan fingerprint density at radius 2 is 2.05 bits per heavy atom. The predicted molar refractivity (Wildman–Crippen MR) is 85.2 cm³/mol. The number of aryl methyl sites for hydroxylation is 1. The fourth-order valence-corrected chi connectivity index (χ4v) is 3.43. The number of nitrogens with zero attached hydrogens (tertiary/aromatic N) is 1. The normalized spacial score (nSPS) is 25.8.